The van der Waals surface area contributed by atoms with E-state index in [-0.39, 0.29) is 21.2 Å². The molecule has 7 nitrogen and oxygen atoms in total. The van der Waals surface area contributed by atoms with E-state index in [1.165, 1.54) is 12.2 Å². The van der Waals surface area contributed by atoms with Crippen molar-refractivity contribution in [3.63, 3.8) is 0 Å². The Morgan fingerprint density at radius 2 is 1.09 bits per heavy atom. The highest BCUT2D eigenvalue weighted by atomic mass is 32.2. The van der Waals surface area contributed by atoms with Gasteiger partial charge in [-0.2, -0.15) is 4.79 Å². The van der Waals surface area contributed by atoms with Crippen molar-refractivity contribution in [1.29, 1.82) is 0 Å². The van der Waals surface area contributed by atoms with Crippen molar-refractivity contribution in [2.24, 2.45) is 0 Å². The zero-order valence-electron chi connectivity index (χ0n) is 17.9. The first-order valence-corrected chi connectivity index (χ1v) is 13.3. The van der Waals surface area contributed by atoms with Crippen LogP contribution in [-0.4, -0.2) is 45.6 Å². The van der Waals surface area contributed by atoms with Crippen LogP contribution in [0.2, 0.25) is 0 Å². The zero-order valence-corrected chi connectivity index (χ0v) is 19.6. The van der Waals surface area contributed by atoms with E-state index in [9.17, 15) is 21.6 Å². The van der Waals surface area contributed by atoms with Crippen LogP contribution in [0.5, 0.6) is 0 Å². The molecule has 0 saturated heterocycles. The van der Waals surface area contributed by atoms with E-state index in [4.69, 9.17) is 5.53 Å². The molecule has 0 spiro atoms. The third kappa shape index (κ3) is 4.75. The number of hydrogen-bond donors (Lipinski definition) is 0. The Labute approximate surface area is 192 Å². The predicted octanol–water partition coefficient (Wildman–Crippen LogP) is 3.49. The summed E-state index contributed by atoms with van der Waals surface area (Å²) in [7, 11) is -6.69. The molecular weight excluding hydrogens is 460 g/mol. The normalized spacial score (nSPS) is 15.3. The van der Waals surface area contributed by atoms with Crippen molar-refractivity contribution < 1.29 is 26.4 Å². The van der Waals surface area contributed by atoms with E-state index >= 15 is 0 Å². The minimum Gasteiger partial charge on any atom is -0.361 e. The first-order chi connectivity index (χ1) is 15.4. The van der Waals surface area contributed by atoms with Gasteiger partial charge in [0, 0.05) is 34.8 Å². The van der Waals surface area contributed by atoms with E-state index in [1.807, 2.05) is 0 Å². The van der Waals surface area contributed by atoms with Gasteiger partial charge in [0.1, 0.15) is 0 Å². The van der Waals surface area contributed by atoms with E-state index in [0.29, 0.717) is 33.5 Å². The van der Waals surface area contributed by atoms with Gasteiger partial charge in [-0.15, -0.1) is 0 Å². The summed E-state index contributed by atoms with van der Waals surface area (Å²) in [6.45, 7) is 7.26. The Morgan fingerprint density at radius 1 is 0.697 bits per heavy atom. The molecule has 2 aliphatic carbocycles. The summed E-state index contributed by atoms with van der Waals surface area (Å²) in [6, 6.07) is 13.5. The number of fused-ring (bicyclic) bond motifs is 2. The maximum absolute atomic E-state index is 11.8. The van der Waals surface area contributed by atoms with E-state index < -0.39 is 19.7 Å². The van der Waals surface area contributed by atoms with Gasteiger partial charge >= 0.3 is 5.71 Å². The molecule has 0 unspecified atom stereocenters. The maximum atomic E-state index is 11.8. The second-order valence-electron chi connectivity index (χ2n) is 7.48. The topological polar surface area (TPSA) is 122 Å². The fourth-order valence-electron chi connectivity index (χ4n) is 3.48. The Kier molecular flexibility index (Phi) is 6.33. The van der Waals surface area contributed by atoms with Crippen LogP contribution >= 0.6 is 0 Å². The first kappa shape index (κ1) is 24.0. The molecule has 0 radical (unpaired) electrons. The van der Waals surface area contributed by atoms with Crippen LogP contribution in [0.3, 0.4) is 0 Å². The van der Waals surface area contributed by atoms with Gasteiger partial charge in [0.15, 0.2) is 25.5 Å². The number of allylic oxidation sites excluding steroid dienone is 4. The van der Waals surface area contributed by atoms with Gasteiger partial charge in [-0.3, -0.25) is 4.79 Å². The average molecular weight is 481 g/mol. The molecule has 0 aromatic heterocycles. The third-order valence-electron chi connectivity index (χ3n) is 4.99. The summed E-state index contributed by atoms with van der Waals surface area (Å²) in [5, 5.41) is 0. The number of sulfone groups is 2. The highest BCUT2D eigenvalue weighted by Crippen LogP contribution is 2.32. The minimum absolute atomic E-state index is 0.160. The fraction of sp³-hybridized carbons (Fsp3) is 0.0833. The van der Waals surface area contributed by atoms with Crippen molar-refractivity contribution in [3.8, 4) is 0 Å². The molecule has 0 fully saturated rings. The number of carbonyl (C=O) groups excluding carboxylic acids is 1. The number of Topliss-reactive ketones (excluding diaryl/α,β-unsaturated/α-hetero) is 1. The van der Waals surface area contributed by atoms with Crippen molar-refractivity contribution in [2.75, 3.05) is 12.5 Å². The number of carbonyl (C=O) groups is 1. The van der Waals surface area contributed by atoms with Gasteiger partial charge < -0.3 is 5.53 Å². The van der Waals surface area contributed by atoms with E-state index in [2.05, 4.69) is 17.9 Å². The molecule has 0 atom stereocenters. The Balaban J connectivity index is 0.000000186. The largest absolute Gasteiger partial charge is 0.361 e. The summed E-state index contributed by atoms with van der Waals surface area (Å²) >= 11 is 0. The molecule has 33 heavy (non-hydrogen) atoms. The molecule has 0 bridgehead atoms. The summed E-state index contributed by atoms with van der Waals surface area (Å²) < 4.78 is 46.5. The van der Waals surface area contributed by atoms with Crippen LogP contribution in [0, 0.1) is 0 Å². The van der Waals surface area contributed by atoms with Crippen molar-refractivity contribution in [3.05, 3.63) is 113 Å². The first-order valence-electron chi connectivity index (χ1n) is 9.54. The standard InChI is InChI=1S/C12H10N2O2S.C12H10O3S/c1-8-7-11(17(2,15)16)9-5-3-4-6-10(9)12(8)14-13;1-8-7-11(16(2,14)15)9-5-3-4-6-10(9)12(8)13/h3-7H,1H2,2H3;3-7H,1H2,2H3. The Morgan fingerprint density at radius 3 is 1.55 bits per heavy atom. The van der Waals surface area contributed by atoms with Gasteiger partial charge in [0.2, 0.25) is 0 Å². The summed E-state index contributed by atoms with van der Waals surface area (Å²) in [4.78, 5) is 15.3. The summed E-state index contributed by atoms with van der Waals surface area (Å²) in [6.07, 6.45) is 5.02. The molecule has 2 aromatic rings. The van der Waals surface area contributed by atoms with Crippen molar-refractivity contribution in [2.45, 2.75) is 0 Å². The lowest BCUT2D eigenvalue weighted by molar-refractivity contribution is -0.00289. The second-order valence-corrected chi connectivity index (χ2v) is 11.4. The van der Waals surface area contributed by atoms with Crippen molar-refractivity contribution >= 4 is 41.0 Å². The molecule has 2 aliphatic rings. The SMILES string of the molecule is C=C1C=C(S(C)(=O)=O)c2ccccc2C1=O.C=C1C=C(S(C)(=O)=O)c2ccccc2C1=[N+]=[N-]. The number of rotatable bonds is 2. The lowest BCUT2D eigenvalue weighted by atomic mass is 9.92. The highest BCUT2D eigenvalue weighted by molar-refractivity contribution is 8.00. The minimum atomic E-state index is -3.35. The molecule has 9 heteroatoms. The lowest BCUT2D eigenvalue weighted by Crippen LogP contribution is -2.15. The van der Waals surface area contributed by atoms with Crippen LogP contribution < -0.4 is 0 Å². The molecule has 0 heterocycles. The van der Waals surface area contributed by atoms with Gasteiger partial charge in [0.25, 0.3) is 0 Å². The maximum Gasteiger partial charge on any atom is 0.329 e. The van der Waals surface area contributed by atoms with Crippen LogP contribution in [0.1, 0.15) is 27.0 Å². The van der Waals surface area contributed by atoms with Crippen molar-refractivity contribution in [1.82, 2.24) is 0 Å². The smallest absolute Gasteiger partial charge is 0.329 e. The number of ketones is 1. The molecule has 0 amide bonds. The number of benzene rings is 2. The van der Waals surface area contributed by atoms with E-state index in [0.717, 1.165) is 12.5 Å². The number of hydrogen-bond acceptors (Lipinski definition) is 5. The molecule has 2 aromatic carbocycles. The quantitative estimate of drug-likeness (QED) is 0.370. The van der Waals surface area contributed by atoms with Gasteiger partial charge in [-0.25, -0.2) is 16.8 Å². The lowest BCUT2D eigenvalue weighted by Gasteiger charge is -2.16. The zero-order chi connectivity index (χ0) is 24.6. The van der Waals surface area contributed by atoms with Crippen LogP contribution in [-0.2, 0) is 19.7 Å². The summed E-state index contributed by atoms with van der Waals surface area (Å²) in [5.74, 6) is -0.219. The van der Waals surface area contributed by atoms with E-state index in [1.54, 1.807) is 48.5 Å². The summed E-state index contributed by atoms with van der Waals surface area (Å²) in [5.41, 5.74) is 11.8. The molecule has 4 rings (SSSR count). The molecular formula is C24H20N2O5S2. The number of nitrogens with zero attached hydrogens (tertiary/aromatic N) is 2. The molecule has 168 valence electrons. The highest BCUT2D eigenvalue weighted by Gasteiger charge is 2.30. The van der Waals surface area contributed by atoms with Gasteiger partial charge in [-0.05, 0) is 18.2 Å². The monoisotopic (exact) mass is 480 g/mol. The molecule has 0 aliphatic heterocycles. The van der Waals surface area contributed by atoms with Crippen LogP contribution in [0.15, 0.2) is 85.0 Å². The predicted molar refractivity (Wildman–Crippen MR) is 129 cm³/mol. The van der Waals surface area contributed by atoms with Gasteiger partial charge in [0.05, 0.1) is 20.9 Å². The second kappa shape index (κ2) is 8.71. The fourth-order valence-corrected chi connectivity index (χ4v) is 5.35. The van der Waals surface area contributed by atoms with Crippen LogP contribution in [0.4, 0.5) is 0 Å². The molecule has 0 N–H and O–H groups in total. The Hall–Kier alpha value is -3.65. The Bertz CT molecular complexity index is 1550. The van der Waals surface area contributed by atoms with Crippen LogP contribution in [0.25, 0.3) is 15.3 Å². The molecule has 0 saturated carbocycles. The average Bonchev–Trinajstić information content (AvgIpc) is 2.75. The van der Waals surface area contributed by atoms with Gasteiger partial charge in [-0.1, -0.05) is 55.6 Å². The third-order valence-corrected chi connectivity index (χ3v) is 7.26.